The fourth-order valence-corrected chi connectivity index (χ4v) is 2.24. The van der Waals surface area contributed by atoms with E-state index in [2.05, 4.69) is 24.3 Å². The average Bonchev–Trinajstić information content (AvgIpc) is 2.55. The molecule has 1 saturated heterocycles. The van der Waals surface area contributed by atoms with Gasteiger partial charge in [0, 0.05) is 13.6 Å². The Morgan fingerprint density at radius 1 is 1.18 bits per heavy atom. The molecule has 1 unspecified atom stereocenters. The van der Waals surface area contributed by atoms with Gasteiger partial charge in [-0.15, -0.1) is 0 Å². The largest absolute Gasteiger partial charge is 0.344 e. The Bertz CT molecular complexity index is 223. The molecule has 1 fully saturated rings. The smallest absolute Gasteiger partial charge is 0.239 e. The lowest BCUT2D eigenvalue weighted by Gasteiger charge is -2.24. The number of carbonyl (C=O) groups is 1. The third kappa shape index (κ3) is 5.50. The lowest BCUT2D eigenvalue weighted by atomic mass is 10.1. The normalized spacial score (nSPS) is 21.3. The number of hydrogen-bond donors (Lipinski definition) is 1. The highest BCUT2D eigenvalue weighted by Gasteiger charge is 2.22. The van der Waals surface area contributed by atoms with Crippen molar-refractivity contribution in [3.8, 4) is 0 Å². The van der Waals surface area contributed by atoms with Crippen LogP contribution in [0.25, 0.3) is 0 Å². The summed E-state index contributed by atoms with van der Waals surface area (Å²) in [6, 6.07) is 0.0573. The molecule has 1 aliphatic rings. The van der Waals surface area contributed by atoms with Gasteiger partial charge in [-0.1, -0.05) is 12.8 Å². The number of likely N-dealkylation sites (N-methyl/N-ethyl adjacent to an activating group) is 1. The first-order valence-corrected chi connectivity index (χ1v) is 6.74. The molecule has 0 radical (unpaired) electrons. The predicted molar refractivity (Wildman–Crippen MR) is 71.1 cm³/mol. The van der Waals surface area contributed by atoms with Crippen LogP contribution in [0.5, 0.6) is 0 Å². The van der Waals surface area contributed by atoms with Crippen LogP contribution in [0.1, 0.15) is 32.1 Å². The number of carbonyl (C=O) groups excluding carboxylic acids is 1. The minimum absolute atomic E-state index is 0.0573. The summed E-state index contributed by atoms with van der Waals surface area (Å²) in [7, 11) is 6.05. The summed E-state index contributed by atoms with van der Waals surface area (Å²) in [4.78, 5) is 16.2. The van der Waals surface area contributed by atoms with Gasteiger partial charge in [-0.25, -0.2) is 0 Å². The first-order chi connectivity index (χ1) is 8.11. The molecule has 17 heavy (non-hydrogen) atoms. The molecule has 0 aliphatic carbocycles. The zero-order valence-electron chi connectivity index (χ0n) is 11.5. The van der Waals surface area contributed by atoms with E-state index in [0.29, 0.717) is 0 Å². The van der Waals surface area contributed by atoms with Crippen LogP contribution >= 0.6 is 0 Å². The molecule has 0 bridgehead atoms. The van der Waals surface area contributed by atoms with Crippen molar-refractivity contribution in [3.63, 3.8) is 0 Å². The molecular formula is C13H27N3O. The van der Waals surface area contributed by atoms with Crippen molar-refractivity contribution in [1.82, 2.24) is 15.1 Å². The molecule has 100 valence electrons. The van der Waals surface area contributed by atoms with Crippen LogP contribution in [0.2, 0.25) is 0 Å². The Kier molecular flexibility index (Phi) is 6.52. The summed E-state index contributed by atoms with van der Waals surface area (Å²) < 4.78 is 0. The molecule has 1 rings (SSSR count). The second kappa shape index (κ2) is 7.67. The van der Waals surface area contributed by atoms with Gasteiger partial charge in [0.05, 0.1) is 6.04 Å². The molecule has 0 aromatic rings. The number of nitrogens with one attached hydrogen (secondary N) is 1. The molecule has 1 amide bonds. The summed E-state index contributed by atoms with van der Waals surface area (Å²) in [5.41, 5.74) is 0. The van der Waals surface area contributed by atoms with Crippen molar-refractivity contribution in [1.29, 1.82) is 0 Å². The van der Waals surface area contributed by atoms with Gasteiger partial charge in [-0.3, -0.25) is 4.79 Å². The minimum atomic E-state index is 0.0573. The number of amides is 1. The van der Waals surface area contributed by atoms with E-state index in [1.165, 1.54) is 19.3 Å². The molecule has 0 saturated carbocycles. The highest BCUT2D eigenvalue weighted by molar-refractivity contribution is 5.81. The van der Waals surface area contributed by atoms with Crippen molar-refractivity contribution in [2.75, 3.05) is 40.8 Å². The van der Waals surface area contributed by atoms with E-state index >= 15 is 0 Å². The minimum Gasteiger partial charge on any atom is -0.344 e. The Morgan fingerprint density at radius 3 is 2.65 bits per heavy atom. The third-order valence-corrected chi connectivity index (χ3v) is 3.33. The van der Waals surface area contributed by atoms with Gasteiger partial charge in [0.2, 0.25) is 5.91 Å². The van der Waals surface area contributed by atoms with Crippen molar-refractivity contribution < 1.29 is 4.79 Å². The van der Waals surface area contributed by atoms with Crippen LogP contribution in [0.4, 0.5) is 0 Å². The maximum absolute atomic E-state index is 12.2. The standard InChI is InChI=1S/C13H27N3O/c1-15(2)10-7-11-16(3)13(17)12-8-5-4-6-9-14-12/h12,14H,4-11H2,1-3H3. The van der Waals surface area contributed by atoms with Crippen molar-refractivity contribution in [2.45, 2.75) is 38.1 Å². The highest BCUT2D eigenvalue weighted by atomic mass is 16.2. The van der Waals surface area contributed by atoms with E-state index in [9.17, 15) is 4.79 Å². The SMILES string of the molecule is CN(C)CCCN(C)C(=O)C1CCCCCN1. The van der Waals surface area contributed by atoms with E-state index in [1.807, 2.05) is 11.9 Å². The van der Waals surface area contributed by atoms with E-state index in [4.69, 9.17) is 0 Å². The quantitative estimate of drug-likeness (QED) is 0.778. The Morgan fingerprint density at radius 2 is 1.94 bits per heavy atom. The summed E-state index contributed by atoms with van der Waals surface area (Å²) in [6.07, 6.45) is 5.67. The molecule has 0 spiro atoms. The third-order valence-electron chi connectivity index (χ3n) is 3.33. The molecule has 0 aromatic carbocycles. The van der Waals surface area contributed by atoms with Crippen LogP contribution in [-0.2, 0) is 4.79 Å². The highest BCUT2D eigenvalue weighted by Crippen LogP contribution is 2.10. The van der Waals surface area contributed by atoms with Gasteiger partial charge < -0.3 is 15.1 Å². The molecule has 1 atom stereocenters. The van der Waals surface area contributed by atoms with E-state index in [0.717, 1.165) is 32.5 Å². The van der Waals surface area contributed by atoms with Crippen LogP contribution in [0, 0.1) is 0 Å². The number of rotatable bonds is 5. The van der Waals surface area contributed by atoms with Gasteiger partial charge in [-0.2, -0.15) is 0 Å². The molecule has 4 nitrogen and oxygen atoms in total. The van der Waals surface area contributed by atoms with Crippen molar-refractivity contribution in [3.05, 3.63) is 0 Å². The summed E-state index contributed by atoms with van der Waals surface area (Å²) >= 11 is 0. The van der Waals surface area contributed by atoms with Crippen LogP contribution < -0.4 is 5.32 Å². The summed E-state index contributed by atoms with van der Waals surface area (Å²) in [5, 5.41) is 3.36. The topological polar surface area (TPSA) is 35.6 Å². The van der Waals surface area contributed by atoms with Crippen LogP contribution in [0.15, 0.2) is 0 Å². The fraction of sp³-hybridized carbons (Fsp3) is 0.923. The van der Waals surface area contributed by atoms with Gasteiger partial charge in [0.15, 0.2) is 0 Å². The van der Waals surface area contributed by atoms with Gasteiger partial charge in [0.1, 0.15) is 0 Å². The number of hydrogen-bond acceptors (Lipinski definition) is 3. The molecule has 1 N–H and O–H groups in total. The molecule has 1 aliphatic heterocycles. The summed E-state index contributed by atoms with van der Waals surface area (Å²) in [5.74, 6) is 0.269. The maximum Gasteiger partial charge on any atom is 0.239 e. The van der Waals surface area contributed by atoms with E-state index < -0.39 is 0 Å². The molecular weight excluding hydrogens is 214 g/mol. The second-order valence-electron chi connectivity index (χ2n) is 5.27. The van der Waals surface area contributed by atoms with Gasteiger partial charge >= 0.3 is 0 Å². The number of nitrogens with zero attached hydrogens (tertiary/aromatic N) is 2. The Balaban J connectivity index is 2.29. The average molecular weight is 241 g/mol. The lowest BCUT2D eigenvalue weighted by molar-refractivity contribution is -0.132. The van der Waals surface area contributed by atoms with Crippen LogP contribution in [-0.4, -0.2) is 62.5 Å². The first kappa shape index (κ1) is 14.5. The Hall–Kier alpha value is -0.610. The van der Waals surface area contributed by atoms with Crippen molar-refractivity contribution in [2.24, 2.45) is 0 Å². The Labute approximate surface area is 105 Å². The van der Waals surface area contributed by atoms with E-state index in [1.54, 1.807) is 0 Å². The summed E-state index contributed by atoms with van der Waals surface area (Å²) in [6.45, 7) is 2.88. The zero-order valence-corrected chi connectivity index (χ0v) is 11.5. The molecule has 0 aromatic heterocycles. The predicted octanol–water partition coefficient (Wildman–Crippen LogP) is 0.929. The van der Waals surface area contributed by atoms with E-state index in [-0.39, 0.29) is 11.9 Å². The van der Waals surface area contributed by atoms with Crippen molar-refractivity contribution >= 4 is 5.91 Å². The molecule has 1 heterocycles. The second-order valence-corrected chi connectivity index (χ2v) is 5.27. The van der Waals surface area contributed by atoms with Gasteiger partial charge in [0.25, 0.3) is 0 Å². The van der Waals surface area contributed by atoms with Crippen LogP contribution in [0.3, 0.4) is 0 Å². The molecule has 4 heteroatoms. The zero-order chi connectivity index (χ0) is 12.7. The fourth-order valence-electron chi connectivity index (χ4n) is 2.24. The monoisotopic (exact) mass is 241 g/mol. The lowest BCUT2D eigenvalue weighted by Crippen LogP contribution is -2.45. The first-order valence-electron chi connectivity index (χ1n) is 6.74. The maximum atomic E-state index is 12.2. The van der Waals surface area contributed by atoms with Gasteiger partial charge in [-0.05, 0) is 46.4 Å².